The first-order chi connectivity index (χ1) is 55.0. The minimum Gasteiger partial charge on any atom is -0.465 e. The number of esters is 8. The highest BCUT2D eigenvalue weighted by atomic mass is 16.6. The van der Waals surface area contributed by atoms with Crippen LogP contribution in [0.5, 0.6) is 0 Å². The molecule has 0 aromatic rings. The average Bonchev–Trinajstić information content (AvgIpc) is 1.61. The molecule has 20 unspecified atom stereocenters. The maximum absolute atomic E-state index is 13.4. The molecule has 13 aliphatic rings. The monoisotopic (exact) mass is 1570 g/mol. The summed E-state index contributed by atoms with van der Waals surface area (Å²) < 4.78 is 45.9. The number of hydrogen-bond donors (Lipinski definition) is 0. The molecule has 13 rings (SSSR count). The van der Waals surface area contributed by atoms with E-state index in [1.54, 1.807) is 6.92 Å². The molecule has 16 heteroatoms. The van der Waals surface area contributed by atoms with E-state index < -0.39 is 23.9 Å². The van der Waals surface area contributed by atoms with E-state index >= 15 is 0 Å². The molecule has 0 heterocycles. The van der Waals surface area contributed by atoms with Crippen LogP contribution in [0.4, 0.5) is 0 Å². The van der Waals surface area contributed by atoms with Gasteiger partial charge in [0.2, 0.25) is 0 Å². The lowest BCUT2D eigenvalue weighted by atomic mass is 9.61. The summed E-state index contributed by atoms with van der Waals surface area (Å²) >= 11 is 0. The number of unbranched alkanes of at least 4 members (excludes halogenated alkanes) is 14. The molecule has 13 aliphatic carbocycles. The number of rotatable bonds is 48. The summed E-state index contributed by atoms with van der Waals surface area (Å²) in [6.07, 6.45) is 55.2. The lowest BCUT2D eigenvalue weighted by molar-refractivity contribution is -0.147. The van der Waals surface area contributed by atoms with Gasteiger partial charge in [-0.15, -0.1) is 0 Å². The Balaban J connectivity index is 0.476. The highest BCUT2D eigenvalue weighted by molar-refractivity contribution is 5.92. The van der Waals surface area contributed by atoms with E-state index in [0.29, 0.717) is 213 Å². The van der Waals surface area contributed by atoms with Crippen LogP contribution in [0.15, 0.2) is 49.1 Å². The molecule has 0 spiro atoms. The van der Waals surface area contributed by atoms with Crippen LogP contribution in [0.25, 0.3) is 0 Å². The molecule has 13 fully saturated rings. The predicted molar refractivity (Wildman–Crippen MR) is 434 cm³/mol. The van der Waals surface area contributed by atoms with Gasteiger partial charge in [0, 0.05) is 48.8 Å². The average molecular weight is 1570 g/mol. The fraction of sp³-hybridized carbons (Fsp3) is 0.835. The Bertz CT molecular complexity index is 3240. The molecule has 13 saturated carbocycles. The Kier molecular flexibility index (Phi) is 31.7. The van der Waals surface area contributed by atoms with E-state index in [9.17, 15) is 38.4 Å². The lowest BCUT2D eigenvalue weighted by Gasteiger charge is -2.44. The van der Waals surface area contributed by atoms with Gasteiger partial charge >= 0.3 is 47.8 Å². The SMILES string of the molecule is C=CC(=O)OCC1C[C@@H]2C3CC(CC3COC(=O)/C=C/C(=O)OCC3C[C@@H]4C5CC(CC5COC(=O)CCCCCCC5C(CCCCCC)CCC(CCCCCCCC)C5CCCCCCC(=O)OCC5CC6CC5[C@@H]5CC(COC(=O)/C=C/C(=O)OCC7CC8CC7[C@H]7CC(COC(=O)C(=C)C)C[C@@H]87)C[C@H]65)[C@@H]4C3)[C@@H]2C1. The summed E-state index contributed by atoms with van der Waals surface area (Å²) in [4.78, 5) is 102. The number of hydrogen-bond acceptors (Lipinski definition) is 16. The van der Waals surface area contributed by atoms with Gasteiger partial charge in [-0.25, -0.2) is 28.8 Å². The van der Waals surface area contributed by atoms with Crippen molar-refractivity contribution in [1.82, 2.24) is 0 Å². The highest BCUT2D eigenvalue weighted by Gasteiger charge is 2.60. The van der Waals surface area contributed by atoms with Crippen molar-refractivity contribution in [1.29, 1.82) is 0 Å². The van der Waals surface area contributed by atoms with E-state index in [2.05, 4.69) is 27.0 Å². The van der Waals surface area contributed by atoms with Gasteiger partial charge in [0.25, 0.3) is 0 Å². The van der Waals surface area contributed by atoms with Gasteiger partial charge in [-0.05, 0) is 314 Å². The maximum atomic E-state index is 13.4. The third-order valence-corrected chi connectivity index (χ3v) is 33.0. The molecule has 0 aliphatic heterocycles. The van der Waals surface area contributed by atoms with E-state index in [1.807, 2.05) is 0 Å². The van der Waals surface area contributed by atoms with Crippen LogP contribution >= 0.6 is 0 Å². The summed E-state index contributed by atoms with van der Waals surface area (Å²) in [7, 11) is 0. The maximum Gasteiger partial charge on any atom is 0.333 e. The normalized spacial score (nSPS) is 36.9. The van der Waals surface area contributed by atoms with Crippen LogP contribution in [-0.2, 0) is 76.3 Å². The molecule has 16 nitrogen and oxygen atoms in total. The lowest BCUT2D eigenvalue weighted by Crippen LogP contribution is -2.35. The summed E-state index contributed by atoms with van der Waals surface area (Å²) in [5.41, 5.74) is 0.434. The Morgan fingerprint density at radius 3 is 0.920 bits per heavy atom. The van der Waals surface area contributed by atoms with Crippen LogP contribution in [0.3, 0.4) is 0 Å². The minimum absolute atomic E-state index is 0.0381. The van der Waals surface area contributed by atoms with Gasteiger partial charge < -0.3 is 37.9 Å². The first kappa shape index (κ1) is 85.6. The van der Waals surface area contributed by atoms with Crippen LogP contribution in [-0.4, -0.2) is 101 Å². The molecule has 0 N–H and O–H groups in total. The van der Waals surface area contributed by atoms with Crippen molar-refractivity contribution < 1.29 is 76.3 Å². The van der Waals surface area contributed by atoms with Crippen LogP contribution < -0.4 is 0 Å². The molecule has 28 atom stereocenters. The molecule has 0 amide bonds. The number of fused-ring (bicyclic) bond motifs is 20. The zero-order valence-corrected chi connectivity index (χ0v) is 69.9. The molecule has 630 valence electrons. The van der Waals surface area contributed by atoms with Crippen molar-refractivity contribution in [2.45, 2.75) is 290 Å². The quantitative estimate of drug-likeness (QED) is 0.0240. The number of ether oxygens (including phenoxy) is 8. The first-order valence-corrected chi connectivity index (χ1v) is 46.9. The Hall–Kier alpha value is -5.28. The van der Waals surface area contributed by atoms with Gasteiger partial charge in [-0.2, -0.15) is 0 Å². The summed E-state index contributed by atoms with van der Waals surface area (Å²) in [5.74, 6) is 13.2. The molecular weight excluding hydrogens is 1420 g/mol. The van der Waals surface area contributed by atoms with Crippen LogP contribution in [0.1, 0.15) is 290 Å². The van der Waals surface area contributed by atoms with Crippen molar-refractivity contribution in [2.75, 3.05) is 52.9 Å². The van der Waals surface area contributed by atoms with E-state index in [0.717, 1.165) is 126 Å². The molecule has 0 radical (unpaired) electrons. The van der Waals surface area contributed by atoms with E-state index in [1.165, 1.54) is 184 Å². The van der Waals surface area contributed by atoms with Gasteiger partial charge in [-0.1, -0.05) is 143 Å². The van der Waals surface area contributed by atoms with E-state index in [-0.39, 0.29) is 23.9 Å². The predicted octanol–water partition coefficient (Wildman–Crippen LogP) is 20.1. The summed E-state index contributed by atoms with van der Waals surface area (Å²) in [6.45, 7) is 17.0. The van der Waals surface area contributed by atoms with Gasteiger partial charge in [0.1, 0.15) is 0 Å². The smallest absolute Gasteiger partial charge is 0.333 e. The third kappa shape index (κ3) is 22.6. The van der Waals surface area contributed by atoms with Crippen molar-refractivity contribution in [3.05, 3.63) is 49.1 Å². The Labute approximate surface area is 678 Å². The topological polar surface area (TPSA) is 210 Å². The van der Waals surface area contributed by atoms with Crippen molar-refractivity contribution in [3.63, 3.8) is 0 Å². The molecular formula is C97H146O16. The van der Waals surface area contributed by atoms with Gasteiger partial charge in [0.15, 0.2) is 0 Å². The molecule has 8 bridgehead atoms. The second-order valence-corrected chi connectivity index (χ2v) is 39.8. The Morgan fingerprint density at radius 2 is 0.575 bits per heavy atom. The molecule has 0 aromatic heterocycles. The van der Waals surface area contributed by atoms with Crippen molar-refractivity contribution in [3.8, 4) is 0 Å². The second kappa shape index (κ2) is 41.9. The molecule has 0 saturated heterocycles. The largest absolute Gasteiger partial charge is 0.465 e. The third-order valence-electron chi connectivity index (χ3n) is 33.0. The minimum atomic E-state index is -0.497. The van der Waals surface area contributed by atoms with Gasteiger partial charge in [0.05, 0.1) is 52.9 Å². The highest BCUT2D eigenvalue weighted by Crippen LogP contribution is 2.66. The van der Waals surface area contributed by atoms with E-state index in [4.69, 9.17) is 37.9 Å². The number of carbonyl (C=O) groups is 8. The second-order valence-electron chi connectivity index (χ2n) is 39.8. The summed E-state index contributed by atoms with van der Waals surface area (Å²) in [5, 5.41) is 0. The fourth-order valence-corrected chi connectivity index (χ4v) is 28.2. The van der Waals surface area contributed by atoms with Crippen LogP contribution in [0.2, 0.25) is 0 Å². The zero-order chi connectivity index (χ0) is 78.9. The standard InChI is InChI=1S/C97H146O16/c1-6-9-11-13-14-20-26-67-32-31-66(25-19-12-10-7-2)76(27-21-15-17-23-29-91(99)109-57-72-45-68-49-82(72)87-42-63(38-79(68)87)54-107-93(101)33-35-95(103)111-59-74-47-70-51-84(74)86-41-62(37-78(70)86)53-106-90(98)8-3)77(67)28-22-16-18-24-30-92(100)110-58-73-46-69-50-83(73)88-43-64(39-80(69)88)55-108-94(102)34-36-96(104)112-60-75-48-71-52-85(75)89-44-65(40-81(71)89)56-113-97(105)61(4)5/h8,33-36,62-89H,3-4,6-7,9-32,37-60H2,1-2,5H3/b35-33+,36-34+/t62?,63?,64?,65?,66?,67?,68?,69?,70?,71?,72?,73?,74?,75?,76?,77?,78-,79-,80+,81-,82?,83?,84?,85?,86-,87-,88+,89-/m0/s1. The molecule has 113 heavy (non-hydrogen) atoms. The van der Waals surface area contributed by atoms with Crippen molar-refractivity contribution >= 4 is 47.8 Å². The molecule has 0 aromatic carbocycles. The fourth-order valence-electron chi connectivity index (χ4n) is 28.2. The zero-order valence-electron chi connectivity index (χ0n) is 69.9. The number of carbonyl (C=O) groups excluding carboxylic acids is 8. The first-order valence-electron chi connectivity index (χ1n) is 46.9. The summed E-state index contributed by atoms with van der Waals surface area (Å²) in [6, 6.07) is 0. The van der Waals surface area contributed by atoms with Gasteiger partial charge in [-0.3, -0.25) is 9.59 Å². The van der Waals surface area contributed by atoms with Crippen molar-refractivity contribution in [2.24, 2.45) is 166 Å². The Morgan fingerprint density at radius 1 is 0.292 bits per heavy atom. The van der Waals surface area contributed by atoms with Crippen LogP contribution in [0, 0.1) is 166 Å².